The van der Waals surface area contributed by atoms with E-state index in [-0.39, 0.29) is 5.92 Å². The number of nitrogens with two attached hydrogens (primary N) is 1. The van der Waals surface area contributed by atoms with Crippen LogP contribution in [0.1, 0.15) is 43.2 Å². The average Bonchev–Trinajstić information content (AvgIpc) is 2.71. The number of halogens is 1. The van der Waals surface area contributed by atoms with Gasteiger partial charge in [0.15, 0.2) is 6.10 Å². The third-order valence-corrected chi connectivity index (χ3v) is 6.62. The van der Waals surface area contributed by atoms with Gasteiger partial charge in [-0.05, 0) is 48.4 Å². The van der Waals surface area contributed by atoms with Crippen molar-refractivity contribution in [3.63, 3.8) is 0 Å². The maximum Gasteiger partial charge on any atom is 0.405 e. The number of primary amides is 1. The summed E-state index contributed by atoms with van der Waals surface area (Å²) in [5, 5.41) is 10.5. The van der Waals surface area contributed by atoms with Gasteiger partial charge >= 0.3 is 12.1 Å². The van der Waals surface area contributed by atoms with Crippen LogP contribution in [0.5, 0.6) is 0 Å². The van der Waals surface area contributed by atoms with Crippen LogP contribution in [0.15, 0.2) is 54.6 Å². The average molecular weight is 432 g/mol. The Bertz CT molecular complexity index is 904. The number of hydrogen-bond acceptors (Lipinski definition) is 4. The van der Waals surface area contributed by atoms with Crippen molar-refractivity contribution in [2.75, 3.05) is 7.11 Å². The number of methoxy groups -OCH3 is 1. The first-order chi connectivity index (χ1) is 14.2. The normalized spacial score (nSPS) is 27.2. The topological polar surface area (TPSA) is 98.8 Å². The van der Waals surface area contributed by atoms with Gasteiger partial charge in [0.1, 0.15) is 5.60 Å². The molecule has 0 aliphatic heterocycles. The summed E-state index contributed by atoms with van der Waals surface area (Å²) in [6.07, 6.45) is -0.634. The molecule has 2 aromatic rings. The number of ether oxygens (including phenoxy) is 2. The number of carboxylic acid groups (broad SMARTS) is 1. The first kappa shape index (κ1) is 22.1. The van der Waals surface area contributed by atoms with Crippen molar-refractivity contribution in [2.24, 2.45) is 11.1 Å². The zero-order valence-corrected chi connectivity index (χ0v) is 17.8. The van der Waals surface area contributed by atoms with Crippen molar-refractivity contribution in [1.82, 2.24) is 0 Å². The molecule has 0 spiro atoms. The molecule has 30 heavy (non-hydrogen) atoms. The highest BCUT2D eigenvalue weighted by Gasteiger charge is 2.61. The Labute approximate surface area is 180 Å². The number of carboxylic acids is 1. The van der Waals surface area contributed by atoms with Gasteiger partial charge < -0.3 is 20.3 Å². The van der Waals surface area contributed by atoms with Crippen LogP contribution in [0.25, 0.3) is 0 Å². The summed E-state index contributed by atoms with van der Waals surface area (Å²) >= 11 is 6.04. The predicted molar refractivity (Wildman–Crippen MR) is 113 cm³/mol. The molecule has 2 unspecified atom stereocenters. The number of carbonyl (C=O) groups is 2. The predicted octanol–water partition coefficient (Wildman–Crippen LogP) is 4.70. The molecule has 4 atom stereocenters. The standard InChI is InChI=1S/C23H26ClNO5/c1-22(19(29-2)20(26)27)13-12-16(15-8-10-18(24)11-9-15)14-23(22,30-21(25)28)17-6-4-3-5-7-17/h3-11,16,19H,12-14H2,1-2H3,(H2,25,28)(H,26,27)/t16-,19?,22-,23?/m1/s1. The van der Waals surface area contributed by atoms with Crippen molar-refractivity contribution >= 4 is 23.7 Å². The molecule has 6 nitrogen and oxygen atoms in total. The second-order valence-electron chi connectivity index (χ2n) is 7.98. The van der Waals surface area contributed by atoms with Crippen LogP contribution in [0.3, 0.4) is 0 Å². The van der Waals surface area contributed by atoms with E-state index in [0.717, 1.165) is 5.56 Å². The lowest BCUT2D eigenvalue weighted by molar-refractivity contribution is -0.195. The molecule has 1 saturated carbocycles. The molecule has 3 rings (SSSR count). The second-order valence-corrected chi connectivity index (χ2v) is 8.41. The monoisotopic (exact) mass is 431 g/mol. The van der Waals surface area contributed by atoms with Crippen LogP contribution >= 0.6 is 11.6 Å². The van der Waals surface area contributed by atoms with E-state index in [0.29, 0.717) is 29.8 Å². The van der Waals surface area contributed by atoms with Gasteiger partial charge in [-0.3, -0.25) is 0 Å². The third-order valence-electron chi connectivity index (χ3n) is 6.36. The molecule has 160 valence electrons. The molecule has 0 bridgehead atoms. The minimum Gasteiger partial charge on any atom is -0.479 e. The van der Waals surface area contributed by atoms with Gasteiger partial charge in [0.2, 0.25) is 0 Å². The van der Waals surface area contributed by atoms with Gasteiger partial charge in [0, 0.05) is 17.5 Å². The fraction of sp³-hybridized carbons (Fsp3) is 0.391. The Morgan fingerprint density at radius 3 is 2.33 bits per heavy atom. The van der Waals surface area contributed by atoms with Crippen LogP contribution in [-0.2, 0) is 19.9 Å². The molecule has 1 aliphatic rings. The molecular formula is C23H26ClNO5. The summed E-state index contributed by atoms with van der Waals surface area (Å²) < 4.78 is 11.3. The summed E-state index contributed by atoms with van der Waals surface area (Å²) in [6.45, 7) is 1.79. The summed E-state index contributed by atoms with van der Waals surface area (Å²) in [6, 6.07) is 16.7. The lowest BCUT2D eigenvalue weighted by Crippen LogP contribution is -2.59. The smallest absolute Gasteiger partial charge is 0.405 e. The number of benzene rings is 2. The maximum absolute atomic E-state index is 12.1. The number of carbonyl (C=O) groups excluding carboxylic acids is 1. The molecule has 0 aromatic heterocycles. The first-order valence-corrected chi connectivity index (χ1v) is 10.2. The highest BCUT2D eigenvalue weighted by Crippen LogP contribution is 2.59. The third kappa shape index (κ3) is 3.89. The number of rotatable bonds is 6. The van der Waals surface area contributed by atoms with Crippen LogP contribution in [-0.4, -0.2) is 30.4 Å². The molecule has 0 saturated heterocycles. The summed E-state index contributed by atoms with van der Waals surface area (Å²) in [4.78, 5) is 24.2. The SMILES string of the molecule is COC(C(=O)O)[C@@]1(C)CC[C@@H](c2ccc(Cl)cc2)CC1(OC(N)=O)c1ccccc1. The van der Waals surface area contributed by atoms with Crippen LogP contribution in [0.4, 0.5) is 4.79 Å². The summed E-state index contributed by atoms with van der Waals surface area (Å²) in [5.41, 5.74) is 4.91. The van der Waals surface area contributed by atoms with Gasteiger partial charge in [-0.15, -0.1) is 0 Å². The van der Waals surface area contributed by atoms with E-state index in [1.54, 1.807) is 6.92 Å². The quantitative estimate of drug-likeness (QED) is 0.690. The van der Waals surface area contributed by atoms with E-state index >= 15 is 0 Å². The van der Waals surface area contributed by atoms with E-state index in [4.69, 9.17) is 26.8 Å². The van der Waals surface area contributed by atoms with Crippen molar-refractivity contribution in [3.05, 3.63) is 70.7 Å². The van der Waals surface area contributed by atoms with E-state index in [9.17, 15) is 14.7 Å². The fourth-order valence-corrected chi connectivity index (χ4v) is 5.02. The summed E-state index contributed by atoms with van der Waals surface area (Å²) in [5.74, 6) is -1.10. The highest BCUT2D eigenvalue weighted by atomic mass is 35.5. The van der Waals surface area contributed by atoms with Crippen LogP contribution in [0, 0.1) is 5.41 Å². The van der Waals surface area contributed by atoms with Gasteiger partial charge in [0.05, 0.1) is 0 Å². The van der Waals surface area contributed by atoms with Crippen molar-refractivity contribution in [2.45, 2.75) is 43.8 Å². The Morgan fingerprint density at radius 2 is 1.80 bits per heavy atom. The molecule has 7 heteroatoms. The zero-order chi connectivity index (χ0) is 21.9. The van der Waals surface area contributed by atoms with Gasteiger partial charge in [0.25, 0.3) is 0 Å². The van der Waals surface area contributed by atoms with E-state index in [1.165, 1.54) is 7.11 Å². The van der Waals surface area contributed by atoms with Crippen molar-refractivity contribution in [1.29, 1.82) is 0 Å². The van der Waals surface area contributed by atoms with Gasteiger partial charge in [-0.2, -0.15) is 0 Å². The minimum atomic E-state index is -1.29. The molecular weight excluding hydrogens is 406 g/mol. The summed E-state index contributed by atoms with van der Waals surface area (Å²) in [7, 11) is 1.36. The number of amides is 1. The molecule has 1 aliphatic carbocycles. The molecule has 0 heterocycles. The maximum atomic E-state index is 12.1. The van der Waals surface area contributed by atoms with Gasteiger partial charge in [-0.1, -0.05) is 61.0 Å². The first-order valence-electron chi connectivity index (χ1n) is 9.78. The van der Waals surface area contributed by atoms with Crippen LogP contribution in [0.2, 0.25) is 5.02 Å². The molecule has 2 aromatic carbocycles. The van der Waals surface area contributed by atoms with Crippen molar-refractivity contribution < 1.29 is 24.2 Å². The molecule has 1 amide bonds. The lowest BCUT2D eigenvalue weighted by atomic mass is 9.55. The second kappa shape index (κ2) is 8.66. The molecule has 0 radical (unpaired) electrons. The van der Waals surface area contributed by atoms with Crippen molar-refractivity contribution in [3.8, 4) is 0 Å². The zero-order valence-electron chi connectivity index (χ0n) is 17.0. The highest BCUT2D eigenvalue weighted by molar-refractivity contribution is 6.30. The Morgan fingerprint density at radius 1 is 1.17 bits per heavy atom. The van der Waals surface area contributed by atoms with E-state index in [2.05, 4.69) is 0 Å². The molecule has 3 N–H and O–H groups in total. The Kier molecular flexibility index (Phi) is 6.38. The lowest BCUT2D eigenvalue weighted by Gasteiger charge is -2.54. The van der Waals surface area contributed by atoms with Gasteiger partial charge in [-0.25, -0.2) is 9.59 Å². The van der Waals surface area contributed by atoms with Crippen LogP contribution < -0.4 is 5.73 Å². The Balaban J connectivity index is 2.19. The van der Waals surface area contributed by atoms with E-state index < -0.39 is 29.2 Å². The Hall–Kier alpha value is -2.57. The fourth-order valence-electron chi connectivity index (χ4n) is 4.90. The largest absolute Gasteiger partial charge is 0.479 e. The molecule has 1 fully saturated rings. The minimum absolute atomic E-state index is 0.0150. The number of hydrogen-bond donors (Lipinski definition) is 2. The number of aliphatic carboxylic acids is 1. The van der Waals surface area contributed by atoms with E-state index in [1.807, 2.05) is 54.6 Å².